The van der Waals surface area contributed by atoms with Gasteiger partial charge in [-0.1, -0.05) is 18.2 Å². The van der Waals surface area contributed by atoms with Crippen LogP contribution in [0.15, 0.2) is 53.1 Å². The third kappa shape index (κ3) is 1.70. The molecule has 4 aromatic rings. The van der Waals surface area contributed by atoms with Crippen LogP contribution in [-0.4, -0.2) is 4.57 Å². The van der Waals surface area contributed by atoms with Crippen LogP contribution in [0.2, 0.25) is 0 Å². The maximum Gasteiger partial charge on any atom is 0.108 e. The van der Waals surface area contributed by atoms with Crippen molar-refractivity contribution in [1.82, 2.24) is 4.57 Å². The molecular weight excluding hydrogens is 274 g/mol. The summed E-state index contributed by atoms with van der Waals surface area (Å²) < 4.78 is 7.54. The van der Waals surface area contributed by atoms with Gasteiger partial charge in [0.2, 0.25) is 0 Å². The van der Waals surface area contributed by atoms with Crippen LogP contribution in [0, 0.1) is 0 Å². The Bertz CT molecular complexity index is 981. The van der Waals surface area contributed by atoms with Gasteiger partial charge in [-0.05, 0) is 29.8 Å². The normalized spacial score (nSPS) is 11.5. The zero-order valence-electron chi connectivity index (χ0n) is 12.3. The van der Waals surface area contributed by atoms with Crippen LogP contribution >= 0.6 is 0 Å². The summed E-state index contributed by atoms with van der Waals surface area (Å²) in [6.45, 7) is 0. The fraction of sp³-hybridized carbons (Fsp3) is 0.111. The molecule has 4 rings (SSSR count). The first-order valence-corrected chi connectivity index (χ1v) is 7.23. The van der Waals surface area contributed by atoms with Crippen LogP contribution in [0.25, 0.3) is 21.8 Å². The van der Waals surface area contributed by atoms with Crippen molar-refractivity contribution in [3.05, 3.63) is 60.1 Å². The predicted molar refractivity (Wildman–Crippen MR) is 90.8 cm³/mol. The predicted octanol–water partition coefficient (Wildman–Crippen LogP) is 3.68. The zero-order chi connectivity index (χ0) is 15.3. The lowest BCUT2D eigenvalue weighted by molar-refractivity contribution is 0.521. The average Bonchev–Trinajstić information content (AvgIpc) is 3.12. The van der Waals surface area contributed by atoms with E-state index in [1.807, 2.05) is 37.4 Å². The summed E-state index contributed by atoms with van der Waals surface area (Å²) in [5.41, 5.74) is 17.4. The molecule has 4 N–H and O–H groups in total. The molecule has 0 radical (unpaired) electrons. The Morgan fingerprint density at radius 1 is 1.09 bits per heavy atom. The highest BCUT2D eigenvalue weighted by molar-refractivity contribution is 6.17. The van der Waals surface area contributed by atoms with Crippen LogP contribution in [-0.2, 0) is 13.5 Å². The van der Waals surface area contributed by atoms with Crippen LogP contribution in [0.5, 0.6) is 0 Å². The Morgan fingerprint density at radius 3 is 2.68 bits per heavy atom. The maximum absolute atomic E-state index is 6.45. The minimum absolute atomic E-state index is 0.639. The maximum atomic E-state index is 6.45. The van der Waals surface area contributed by atoms with Gasteiger partial charge in [-0.2, -0.15) is 0 Å². The highest BCUT2D eigenvalue weighted by Crippen LogP contribution is 2.38. The van der Waals surface area contributed by atoms with Gasteiger partial charge in [0, 0.05) is 35.4 Å². The smallest absolute Gasteiger partial charge is 0.108 e. The number of aryl methyl sites for hydroxylation is 1. The minimum atomic E-state index is 0.639. The van der Waals surface area contributed by atoms with E-state index in [2.05, 4.69) is 16.7 Å². The molecule has 0 saturated carbocycles. The van der Waals surface area contributed by atoms with E-state index in [9.17, 15) is 0 Å². The van der Waals surface area contributed by atoms with Crippen LogP contribution in [0.1, 0.15) is 11.3 Å². The molecule has 2 aromatic heterocycles. The Kier molecular flexibility index (Phi) is 2.66. The first-order valence-electron chi connectivity index (χ1n) is 7.23. The lowest BCUT2D eigenvalue weighted by Gasteiger charge is -2.10. The lowest BCUT2D eigenvalue weighted by Crippen LogP contribution is -2.01. The van der Waals surface area contributed by atoms with Crippen molar-refractivity contribution in [3.8, 4) is 0 Å². The number of aromatic nitrogens is 1. The third-order valence-corrected chi connectivity index (χ3v) is 4.27. The summed E-state index contributed by atoms with van der Waals surface area (Å²) in [5.74, 6) is 0.879. The Morgan fingerprint density at radius 2 is 1.91 bits per heavy atom. The fourth-order valence-electron chi connectivity index (χ4n) is 3.24. The van der Waals surface area contributed by atoms with Crippen molar-refractivity contribution in [2.75, 3.05) is 11.5 Å². The van der Waals surface area contributed by atoms with Gasteiger partial charge in [-0.15, -0.1) is 0 Å². The van der Waals surface area contributed by atoms with Crippen molar-refractivity contribution >= 4 is 33.2 Å². The van der Waals surface area contributed by atoms with Crippen LogP contribution < -0.4 is 11.5 Å². The molecule has 22 heavy (non-hydrogen) atoms. The largest absolute Gasteiger partial charge is 0.469 e. The molecule has 0 saturated heterocycles. The van der Waals surface area contributed by atoms with E-state index in [4.69, 9.17) is 15.9 Å². The van der Waals surface area contributed by atoms with Crippen molar-refractivity contribution in [2.45, 2.75) is 6.42 Å². The Labute approximate surface area is 127 Å². The highest BCUT2D eigenvalue weighted by Gasteiger charge is 2.16. The van der Waals surface area contributed by atoms with E-state index >= 15 is 0 Å². The summed E-state index contributed by atoms with van der Waals surface area (Å²) in [4.78, 5) is 0. The topological polar surface area (TPSA) is 70.1 Å². The number of hydrogen-bond donors (Lipinski definition) is 2. The SMILES string of the molecule is Cn1c2ccccc2c2c(N)cc(Cc3ccco3)c(N)c21. The molecule has 0 unspecified atom stereocenters. The number of rotatable bonds is 2. The molecule has 110 valence electrons. The second-order valence-corrected chi connectivity index (χ2v) is 5.59. The third-order valence-electron chi connectivity index (χ3n) is 4.27. The monoisotopic (exact) mass is 291 g/mol. The number of hydrogen-bond acceptors (Lipinski definition) is 3. The molecule has 0 amide bonds. The summed E-state index contributed by atoms with van der Waals surface area (Å²) >= 11 is 0. The van der Waals surface area contributed by atoms with Crippen molar-refractivity contribution in [3.63, 3.8) is 0 Å². The molecular formula is C18H17N3O. The molecule has 0 bridgehead atoms. The molecule has 2 aromatic carbocycles. The van der Waals surface area contributed by atoms with Crippen molar-refractivity contribution in [2.24, 2.45) is 7.05 Å². The van der Waals surface area contributed by atoms with E-state index in [1.54, 1.807) is 6.26 Å². The highest BCUT2D eigenvalue weighted by atomic mass is 16.3. The summed E-state index contributed by atoms with van der Waals surface area (Å²) in [6, 6.07) is 14.0. The summed E-state index contributed by atoms with van der Waals surface area (Å²) in [5, 5.41) is 2.16. The molecule has 0 aliphatic rings. The fourth-order valence-corrected chi connectivity index (χ4v) is 3.24. The average molecular weight is 291 g/mol. The molecule has 0 fully saturated rings. The number of furan rings is 1. The minimum Gasteiger partial charge on any atom is -0.469 e. The van der Waals surface area contributed by atoms with Gasteiger partial charge in [0.15, 0.2) is 0 Å². The number of benzene rings is 2. The number of nitrogens with two attached hydrogens (primary N) is 2. The summed E-state index contributed by atoms with van der Waals surface area (Å²) in [7, 11) is 2.02. The lowest BCUT2D eigenvalue weighted by atomic mass is 10.0. The number of anilines is 2. The van der Waals surface area contributed by atoms with Gasteiger partial charge in [0.05, 0.1) is 17.5 Å². The van der Waals surface area contributed by atoms with Crippen molar-refractivity contribution in [1.29, 1.82) is 0 Å². The van der Waals surface area contributed by atoms with Crippen molar-refractivity contribution < 1.29 is 4.42 Å². The van der Waals surface area contributed by atoms with Gasteiger partial charge in [-0.25, -0.2) is 0 Å². The van der Waals surface area contributed by atoms with E-state index in [0.29, 0.717) is 6.42 Å². The van der Waals surface area contributed by atoms with E-state index in [1.165, 1.54) is 0 Å². The Hall–Kier alpha value is -2.88. The van der Waals surface area contributed by atoms with Gasteiger partial charge in [0.1, 0.15) is 5.76 Å². The van der Waals surface area contributed by atoms with Crippen LogP contribution in [0.4, 0.5) is 11.4 Å². The van der Waals surface area contributed by atoms with Gasteiger partial charge < -0.3 is 20.5 Å². The van der Waals surface area contributed by atoms with E-state index in [-0.39, 0.29) is 0 Å². The van der Waals surface area contributed by atoms with Crippen LogP contribution in [0.3, 0.4) is 0 Å². The first kappa shape index (κ1) is 12.8. The van der Waals surface area contributed by atoms with Gasteiger partial charge in [-0.3, -0.25) is 0 Å². The number of nitrogen functional groups attached to an aromatic ring is 2. The molecule has 4 nitrogen and oxygen atoms in total. The summed E-state index contributed by atoms with van der Waals surface area (Å²) in [6.07, 6.45) is 2.31. The van der Waals surface area contributed by atoms with E-state index in [0.717, 1.165) is 44.5 Å². The quantitative estimate of drug-likeness (QED) is 0.553. The Balaban J connectivity index is 2.04. The molecule has 0 atom stereocenters. The number of fused-ring (bicyclic) bond motifs is 3. The molecule has 4 heteroatoms. The zero-order valence-corrected chi connectivity index (χ0v) is 12.3. The second-order valence-electron chi connectivity index (χ2n) is 5.59. The molecule has 0 spiro atoms. The molecule has 2 heterocycles. The number of nitrogens with zero attached hydrogens (tertiary/aromatic N) is 1. The van der Waals surface area contributed by atoms with E-state index < -0.39 is 0 Å². The van der Waals surface area contributed by atoms with Gasteiger partial charge >= 0.3 is 0 Å². The van der Waals surface area contributed by atoms with Gasteiger partial charge in [0.25, 0.3) is 0 Å². The molecule has 0 aliphatic heterocycles. The second kappa shape index (κ2) is 4.56. The molecule has 0 aliphatic carbocycles. The number of para-hydroxylation sites is 1. The standard InChI is InChI=1S/C18H17N3O/c1-21-15-7-3-2-6-13(15)16-14(19)10-11(17(20)18(16)21)9-12-5-4-8-22-12/h2-8,10H,9,19-20H2,1H3. The first-order chi connectivity index (χ1) is 10.7.